The lowest BCUT2D eigenvalue weighted by molar-refractivity contribution is -0.361. The Kier molecular flexibility index (Phi) is 6.81. The van der Waals surface area contributed by atoms with Crippen LogP contribution >= 0.6 is 0 Å². The fourth-order valence-corrected chi connectivity index (χ4v) is 3.90. The number of benzene rings is 2. The van der Waals surface area contributed by atoms with Crippen molar-refractivity contribution in [2.24, 2.45) is 5.92 Å². The van der Waals surface area contributed by atoms with Gasteiger partial charge in [0.1, 0.15) is 0 Å². The van der Waals surface area contributed by atoms with Gasteiger partial charge in [0.15, 0.2) is 17.4 Å². The largest absolute Gasteiger partial charge is 0.499 e. The predicted octanol–water partition coefficient (Wildman–Crippen LogP) is 7.80. The Bertz CT molecular complexity index is 860. The second kappa shape index (κ2) is 9.04. The van der Waals surface area contributed by atoms with Gasteiger partial charge in [-0.2, -0.15) is 22.0 Å². The second-order valence-corrected chi connectivity index (χ2v) is 7.70. The van der Waals surface area contributed by atoms with Crippen LogP contribution in [-0.2, 0) is 0 Å². The molecular formula is C22H20F8O. The summed E-state index contributed by atoms with van der Waals surface area (Å²) in [6.07, 6.45) is -7.61. The Balaban J connectivity index is 1.75. The lowest BCUT2D eigenvalue weighted by atomic mass is 9.77. The topological polar surface area (TPSA) is 9.23 Å². The minimum atomic E-state index is -6.12. The second-order valence-electron chi connectivity index (χ2n) is 7.70. The fraction of sp³-hybridized carbons (Fsp3) is 0.455. The van der Waals surface area contributed by atoms with E-state index in [-0.39, 0.29) is 12.2 Å². The van der Waals surface area contributed by atoms with E-state index in [4.69, 9.17) is 0 Å². The molecule has 2 aromatic carbocycles. The van der Waals surface area contributed by atoms with Crippen molar-refractivity contribution in [2.45, 2.75) is 50.3 Å². The average Bonchev–Trinajstić information content (AvgIpc) is 2.71. The van der Waals surface area contributed by atoms with Gasteiger partial charge in [-0.3, -0.25) is 4.39 Å². The Hall–Kier alpha value is -2.32. The van der Waals surface area contributed by atoms with E-state index in [0.717, 1.165) is 31.2 Å². The van der Waals surface area contributed by atoms with Gasteiger partial charge < -0.3 is 4.74 Å². The number of rotatable bonds is 6. The van der Waals surface area contributed by atoms with Gasteiger partial charge in [-0.15, -0.1) is 0 Å². The first-order valence-corrected chi connectivity index (χ1v) is 9.80. The number of hydrogen-bond acceptors (Lipinski definition) is 1. The van der Waals surface area contributed by atoms with E-state index in [2.05, 4.69) is 4.74 Å². The summed E-state index contributed by atoms with van der Waals surface area (Å²) in [5, 5.41) is 0. The van der Waals surface area contributed by atoms with Crippen LogP contribution in [0.3, 0.4) is 0 Å². The summed E-state index contributed by atoms with van der Waals surface area (Å²) < 4.78 is 107. The lowest BCUT2D eigenvalue weighted by Crippen LogP contribution is -2.42. The molecule has 0 spiro atoms. The molecule has 0 amide bonds. The maximum Gasteiger partial charge on any atom is 0.499 e. The Morgan fingerprint density at radius 3 is 1.84 bits per heavy atom. The first-order valence-electron chi connectivity index (χ1n) is 9.80. The van der Waals surface area contributed by atoms with E-state index in [1.807, 2.05) is 0 Å². The molecule has 0 heterocycles. The third-order valence-corrected chi connectivity index (χ3v) is 5.64. The number of alkyl halides is 6. The minimum Gasteiger partial charge on any atom is -0.419 e. The quantitative estimate of drug-likeness (QED) is 0.407. The van der Waals surface area contributed by atoms with E-state index >= 15 is 0 Å². The molecule has 1 aliphatic carbocycles. The van der Waals surface area contributed by atoms with Crippen LogP contribution in [0, 0.1) is 17.6 Å². The molecule has 0 N–H and O–H groups in total. The molecule has 9 heteroatoms. The van der Waals surface area contributed by atoms with E-state index < -0.39 is 29.7 Å². The van der Waals surface area contributed by atoms with E-state index in [9.17, 15) is 35.1 Å². The van der Waals surface area contributed by atoms with Crippen molar-refractivity contribution in [1.29, 1.82) is 0 Å². The van der Waals surface area contributed by atoms with Gasteiger partial charge in [0, 0.05) is 0 Å². The lowest BCUT2D eigenvalue weighted by Gasteiger charge is -2.28. The molecule has 2 aromatic rings. The maximum atomic E-state index is 14.1. The minimum absolute atomic E-state index is 0.0316. The highest BCUT2D eigenvalue weighted by Gasteiger charge is 2.61. The highest BCUT2D eigenvalue weighted by molar-refractivity contribution is 5.65. The third kappa shape index (κ3) is 5.30. The van der Waals surface area contributed by atoms with Gasteiger partial charge in [0.2, 0.25) is 0 Å². The Labute approximate surface area is 174 Å². The molecule has 1 fully saturated rings. The van der Waals surface area contributed by atoms with Crippen LogP contribution < -0.4 is 4.74 Å². The summed E-state index contributed by atoms with van der Waals surface area (Å²) in [6, 6.07) is 8.05. The Morgan fingerprint density at radius 2 is 1.35 bits per heavy atom. The van der Waals surface area contributed by atoms with E-state index in [1.165, 1.54) is 0 Å². The van der Waals surface area contributed by atoms with Gasteiger partial charge in [-0.1, -0.05) is 24.3 Å². The van der Waals surface area contributed by atoms with Gasteiger partial charge in [-0.05, 0) is 72.8 Å². The molecule has 1 saturated carbocycles. The Morgan fingerprint density at radius 1 is 0.806 bits per heavy atom. The zero-order valence-electron chi connectivity index (χ0n) is 16.3. The number of halogens is 8. The molecule has 170 valence electrons. The van der Waals surface area contributed by atoms with Crippen LogP contribution in [0.4, 0.5) is 35.1 Å². The van der Waals surface area contributed by atoms with Crippen LogP contribution in [-0.4, -0.2) is 19.0 Å². The smallest absolute Gasteiger partial charge is 0.419 e. The normalized spacial score (nSPS) is 20.0. The van der Waals surface area contributed by atoms with Gasteiger partial charge in [-0.25, -0.2) is 8.78 Å². The monoisotopic (exact) mass is 452 g/mol. The molecule has 0 radical (unpaired) electrons. The summed E-state index contributed by atoms with van der Waals surface area (Å²) in [5.41, 5.74) is 1.35. The fourth-order valence-electron chi connectivity index (χ4n) is 3.90. The highest BCUT2D eigenvalue weighted by Crippen LogP contribution is 2.41. The van der Waals surface area contributed by atoms with Crippen LogP contribution in [0.5, 0.6) is 5.75 Å². The molecule has 1 nitrogen and oxygen atoms in total. The molecule has 31 heavy (non-hydrogen) atoms. The van der Waals surface area contributed by atoms with Crippen molar-refractivity contribution in [3.63, 3.8) is 0 Å². The van der Waals surface area contributed by atoms with E-state index in [0.29, 0.717) is 36.0 Å². The molecule has 0 aromatic heterocycles. The average molecular weight is 452 g/mol. The van der Waals surface area contributed by atoms with Crippen LogP contribution in [0.2, 0.25) is 0 Å². The van der Waals surface area contributed by atoms with Crippen molar-refractivity contribution in [3.05, 3.63) is 53.6 Å². The molecule has 0 unspecified atom stereocenters. The van der Waals surface area contributed by atoms with Gasteiger partial charge in [0.25, 0.3) is 0 Å². The summed E-state index contributed by atoms with van der Waals surface area (Å²) in [7, 11) is 0. The maximum absolute atomic E-state index is 14.1. The van der Waals surface area contributed by atoms with Crippen molar-refractivity contribution in [1.82, 2.24) is 0 Å². The summed E-state index contributed by atoms with van der Waals surface area (Å²) in [6.45, 7) is -0.325. The number of ether oxygens (including phenoxy) is 1. The molecule has 0 bridgehead atoms. The first-order chi connectivity index (χ1) is 14.5. The molecule has 3 rings (SSSR count). The van der Waals surface area contributed by atoms with Crippen molar-refractivity contribution in [2.75, 3.05) is 6.67 Å². The predicted molar refractivity (Wildman–Crippen MR) is 98.7 cm³/mol. The van der Waals surface area contributed by atoms with Crippen LogP contribution in [0.1, 0.15) is 43.6 Å². The van der Waals surface area contributed by atoms with Gasteiger partial charge in [0.05, 0.1) is 6.67 Å². The first kappa shape index (κ1) is 23.3. The van der Waals surface area contributed by atoms with Crippen molar-refractivity contribution < 1.29 is 39.9 Å². The summed E-state index contributed by atoms with van der Waals surface area (Å²) in [5.74, 6) is -4.47. The SMILES string of the molecule is FCCC1CCC(c2ccc(-c3cc(F)c(OC(F)(F)C(F)(F)F)c(F)c3)cc2)CC1. The molecule has 1 aliphatic rings. The molecular weight excluding hydrogens is 432 g/mol. The van der Waals surface area contributed by atoms with Crippen LogP contribution in [0.15, 0.2) is 36.4 Å². The summed E-state index contributed by atoms with van der Waals surface area (Å²) in [4.78, 5) is 0. The zero-order chi connectivity index (χ0) is 22.8. The molecule has 0 aliphatic heterocycles. The zero-order valence-corrected chi connectivity index (χ0v) is 16.3. The van der Waals surface area contributed by atoms with Crippen molar-refractivity contribution in [3.8, 4) is 16.9 Å². The van der Waals surface area contributed by atoms with Gasteiger partial charge >= 0.3 is 12.3 Å². The highest BCUT2D eigenvalue weighted by atomic mass is 19.4. The summed E-state index contributed by atoms with van der Waals surface area (Å²) >= 11 is 0. The molecule has 0 atom stereocenters. The van der Waals surface area contributed by atoms with Crippen molar-refractivity contribution >= 4 is 0 Å². The standard InChI is InChI=1S/C22H20F8O/c23-10-9-13-1-3-14(4-2-13)15-5-7-16(8-6-15)17-11-18(24)20(19(25)12-17)31-22(29,30)21(26,27)28/h5-8,11-14H,1-4,9-10H2. The van der Waals surface area contributed by atoms with Crippen LogP contribution in [0.25, 0.3) is 11.1 Å². The van der Waals surface area contributed by atoms with E-state index in [1.54, 1.807) is 24.3 Å². The third-order valence-electron chi connectivity index (χ3n) is 5.64. The molecule has 0 saturated heterocycles. The number of hydrogen-bond donors (Lipinski definition) is 0.